The van der Waals surface area contributed by atoms with Gasteiger partial charge in [0.1, 0.15) is 11.5 Å². The number of benzene rings is 6. The third-order valence-corrected chi connectivity index (χ3v) is 13.3. The van der Waals surface area contributed by atoms with E-state index in [1.54, 1.807) is 48.5 Å². The first-order valence-corrected chi connectivity index (χ1v) is 21.5. The molecule has 2 aliphatic carbocycles. The molecule has 0 radical (unpaired) electrons. The number of hydrogen-bond acceptors (Lipinski definition) is 3. The summed E-state index contributed by atoms with van der Waals surface area (Å²) < 4.78 is 199. The lowest BCUT2D eigenvalue weighted by molar-refractivity contribution is -0.144. The molecule has 1 N–H and O–H groups in total. The molecule has 1 aliphatic heterocycles. The maximum atomic E-state index is 14.5. The Morgan fingerprint density at radius 3 is 1.09 bits per heavy atom. The highest BCUT2D eigenvalue weighted by molar-refractivity contribution is 7.48. The minimum atomic E-state index is -5.74. The van der Waals surface area contributed by atoms with Crippen LogP contribution in [0.3, 0.4) is 0 Å². The Balaban J connectivity index is 1.44. The van der Waals surface area contributed by atoms with E-state index in [2.05, 4.69) is 13.2 Å². The highest BCUT2D eigenvalue weighted by Gasteiger charge is 2.54. The lowest BCUT2D eigenvalue weighted by Gasteiger charge is -2.35. The van der Waals surface area contributed by atoms with E-state index < -0.39 is 93.9 Å². The van der Waals surface area contributed by atoms with Crippen molar-refractivity contribution in [3.8, 4) is 56.0 Å². The molecule has 17 heteroatoms. The number of alkyl halides is 12. The van der Waals surface area contributed by atoms with Gasteiger partial charge >= 0.3 is 32.5 Å². The van der Waals surface area contributed by atoms with Crippen molar-refractivity contribution in [3.63, 3.8) is 0 Å². The summed E-state index contributed by atoms with van der Waals surface area (Å²) in [7, 11) is -5.74. The van der Waals surface area contributed by atoms with E-state index in [4.69, 9.17) is 9.05 Å². The lowest BCUT2D eigenvalue weighted by Crippen LogP contribution is -2.26. The average molecular weight is 943 g/mol. The van der Waals surface area contributed by atoms with Crippen molar-refractivity contribution in [2.75, 3.05) is 0 Å². The van der Waals surface area contributed by atoms with Gasteiger partial charge in [-0.25, -0.2) is 4.57 Å². The summed E-state index contributed by atoms with van der Waals surface area (Å²) >= 11 is 0. The van der Waals surface area contributed by atoms with Crippen molar-refractivity contribution in [1.82, 2.24) is 0 Å². The molecule has 9 rings (SSSR count). The van der Waals surface area contributed by atoms with Gasteiger partial charge in [-0.05, 0) is 130 Å². The second-order valence-electron chi connectivity index (χ2n) is 16.3. The number of halogens is 12. The molecule has 1 heterocycles. The van der Waals surface area contributed by atoms with Crippen LogP contribution < -0.4 is 9.05 Å². The second kappa shape index (κ2) is 15.1. The van der Waals surface area contributed by atoms with Crippen LogP contribution in [0.5, 0.6) is 11.5 Å². The SMILES string of the molecule is C=Cc1ccc(-c2cc(-c3cc(C(F)(F)F)cc(C(F)(F)F)c3)c3c4c2CCC42CCc4c(-c5ccc(C=C)cc5)cc(-c5cc(C(F)(F)F)cc(C(F)(F)F)c5)c(c42)OP(=O)(O)O3)cc1. The van der Waals surface area contributed by atoms with Gasteiger partial charge < -0.3 is 9.05 Å². The fraction of sp³-hybridized carbons (Fsp3) is 0.184. The van der Waals surface area contributed by atoms with Gasteiger partial charge in [-0.3, -0.25) is 4.89 Å². The third-order valence-electron chi connectivity index (χ3n) is 12.5. The monoisotopic (exact) mass is 942 g/mol. The van der Waals surface area contributed by atoms with Gasteiger partial charge in [0.2, 0.25) is 0 Å². The summed E-state index contributed by atoms with van der Waals surface area (Å²) in [6, 6.07) is 17.4. The van der Waals surface area contributed by atoms with Crippen LogP contribution in [-0.2, 0) is 47.5 Å². The normalized spacial score (nSPS) is 16.1. The number of phosphoric acid groups is 1. The highest BCUT2D eigenvalue weighted by atomic mass is 31.2. The first-order valence-electron chi connectivity index (χ1n) is 20.0. The molecule has 3 aliphatic rings. The van der Waals surface area contributed by atoms with Gasteiger partial charge in [-0.2, -0.15) is 52.7 Å². The van der Waals surface area contributed by atoms with E-state index in [-0.39, 0.29) is 48.9 Å². The van der Waals surface area contributed by atoms with Crippen LogP contribution in [-0.4, -0.2) is 4.89 Å². The van der Waals surface area contributed by atoms with Crippen molar-refractivity contribution >= 4 is 20.0 Å². The Bertz CT molecular complexity index is 2790. The number of phosphoric ester groups is 1. The topological polar surface area (TPSA) is 55.8 Å². The van der Waals surface area contributed by atoms with E-state index in [0.29, 0.717) is 68.8 Å². The molecule has 6 aromatic carbocycles. The molecule has 6 aromatic rings. The molecule has 0 fully saturated rings. The van der Waals surface area contributed by atoms with Gasteiger partial charge in [0.25, 0.3) is 0 Å². The summed E-state index contributed by atoms with van der Waals surface area (Å²) in [5.41, 5.74) is -6.68. The maximum absolute atomic E-state index is 14.5. The van der Waals surface area contributed by atoms with Gasteiger partial charge in [0.05, 0.1) is 22.3 Å². The third kappa shape index (κ3) is 7.67. The van der Waals surface area contributed by atoms with Gasteiger partial charge in [0.15, 0.2) is 0 Å². The Hall–Kier alpha value is -6.25. The smallest absolute Gasteiger partial charge is 0.394 e. The zero-order chi connectivity index (χ0) is 47.5. The molecule has 0 saturated carbocycles. The number of rotatable bonds is 6. The van der Waals surface area contributed by atoms with Crippen molar-refractivity contribution in [1.29, 1.82) is 0 Å². The Morgan fingerprint density at radius 2 is 0.803 bits per heavy atom. The predicted molar refractivity (Wildman–Crippen MR) is 223 cm³/mol. The molecule has 4 nitrogen and oxygen atoms in total. The summed E-state index contributed by atoms with van der Waals surface area (Å²) in [5, 5.41) is 0. The van der Waals surface area contributed by atoms with Crippen LogP contribution in [0, 0.1) is 0 Å². The average Bonchev–Trinajstić information content (AvgIpc) is 3.83. The second-order valence-corrected chi connectivity index (χ2v) is 17.6. The first kappa shape index (κ1) is 44.9. The van der Waals surface area contributed by atoms with E-state index in [1.165, 1.54) is 24.3 Å². The summed E-state index contributed by atoms with van der Waals surface area (Å²) in [4.78, 5) is 11.7. The molecule has 0 saturated heterocycles. The van der Waals surface area contributed by atoms with Crippen molar-refractivity contribution in [2.45, 2.75) is 55.8 Å². The first-order chi connectivity index (χ1) is 30.8. The largest absolute Gasteiger partial charge is 0.584 e. The van der Waals surface area contributed by atoms with E-state index in [1.807, 2.05) is 0 Å². The summed E-state index contributed by atoms with van der Waals surface area (Å²) in [6.07, 6.45) is -17.7. The highest BCUT2D eigenvalue weighted by Crippen LogP contribution is 2.68. The van der Waals surface area contributed by atoms with Crippen LogP contribution in [0.15, 0.2) is 110 Å². The van der Waals surface area contributed by atoms with Gasteiger partial charge in [-0.1, -0.05) is 73.8 Å². The van der Waals surface area contributed by atoms with Gasteiger partial charge in [0, 0.05) is 27.7 Å². The van der Waals surface area contributed by atoms with Crippen molar-refractivity contribution < 1.29 is 71.2 Å². The van der Waals surface area contributed by atoms with Crippen molar-refractivity contribution in [3.05, 3.63) is 166 Å². The molecule has 0 atom stereocenters. The van der Waals surface area contributed by atoms with Crippen LogP contribution in [0.2, 0.25) is 0 Å². The minimum Gasteiger partial charge on any atom is -0.394 e. The molecule has 0 aromatic heterocycles. The molecule has 0 amide bonds. The lowest BCUT2D eigenvalue weighted by atomic mass is 9.73. The Labute approximate surface area is 368 Å². The zero-order valence-corrected chi connectivity index (χ0v) is 34.7. The Kier molecular flexibility index (Phi) is 10.3. The molecular formula is C49H31F12O4P. The van der Waals surface area contributed by atoms with Gasteiger partial charge in [-0.15, -0.1) is 0 Å². The molecule has 0 bridgehead atoms. The van der Waals surface area contributed by atoms with Crippen molar-refractivity contribution in [2.24, 2.45) is 0 Å². The van der Waals surface area contributed by atoms with Crippen LogP contribution >= 0.6 is 7.82 Å². The summed E-state index contributed by atoms with van der Waals surface area (Å²) in [5.74, 6) is -1.15. The molecular weight excluding hydrogens is 911 g/mol. The van der Waals surface area contributed by atoms with E-state index in [9.17, 15) is 62.1 Å². The van der Waals surface area contributed by atoms with E-state index in [0.717, 1.165) is 0 Å². The standard InChI is InChI=1S/C49H31F12O4P/c1-3-25-5-9-27(10-6-25)37-23-39(29-17-31(46(50,51)52)21-32(18-29)47(53,54)55)43-41-35(37)13-15-45(41)16-14-36-38(28-11-7-26(4-2)8-12-28)24-40(44(42(36)45)65-66(62,63)64-43)30-19-33(48(56,57)58)22-34(20-30)49(59,60)61/h3-12,17-24H,1-2,13-16H2,(H,62,63). The van der Waals surface area contributed by atoms with Crippen LogP contribution in [0.1, 0.15) is 68.5 Å². The van der Waals surface area contributed by atoms with Crippen LogP contribution in [0.25, 0.3) is 56.7 Å². The fourth-order valence-electron chi connectivity index (χ4n) is 9.57. The fourth-order valence-corrected chi connectivity index (χ4v) is 10.4. The minimum absolute atomic E-state index is 0.0703. The zero-order valence-electron chi connectivity index (χ0n) is 33.8. The molecule has 340 valence electrons. The van der Waals surface area contributed by atoms with E-state index >= 15 is 0 Å². The maximum Gasteiger partial charge on any atom is 0.584 e. The quantitative estimate of drug-likeness (QED) is 0.134. The Morgan fingerprint density at radius 1 is 0.485 bits per heavy atom. The number of hydrogen-bond donors (Lipinski definition) is 1. The summed E-state index contributed by atoms with van der Waals surface area (Å²) in [6.45, 7) is 7.49. The molecule has 1 spiro atoms. The predicted octanol–water partition coefficient (Wildman–Crippen LogP) is 15.8. The molecule has 66 heavy (non-hydrogen) atoms. The molecule has 0 unspecified atom stereocenters. The van der Waals surface area contributed by atoms with Crippen LogP contribution in [0.4, 0.5) is 52.7 Å².